The highest BCUT2D eigenvalue weighted by Gasteiger charge is 2.03. The lowest BCUT2D eigenvalue weighted by molar-refractivity contribution is -0.131. The average molecular weight is 226 g/mol. The first-order valence-electron chi connectivity index (χ1n) is 4.28. The average Bonchev–Trinajstić information content (AvgIpc) is 2.62. The molecule has 2 N–H and O–H groups in total. The number of aliphatic carboxylic acids is 1. The van der Waals surface area contributed by atoms with E-state index in [-0.39, 0.29) is 5.91 Å². The summed E-state index contributed by atoms with van der Waals surface area (Å²) in [5.41, 5.74) is 0. The molecule has 0 fully saturated rings. The summed E-state index contributed by atoms with van der Waals surface area (Å²) in [5, 5.41) is 11.5. The van der Waals surface area contributed by atoms with Gasteiger partial charge in [0.15, 0.2) is 5.13 Å². The predicted molar refractivity (Wildman–Crippen MR) is 57.7 cm³/mol. The normalized spacial score (nSPS) is 10.5. The third-order valence-electron chi connectivity index (χ3n) is 1.48. The molecule has 15 heavy (non-hydrogen) atoms. The van der Waals surface area contributed by atoms with Crippen molar-refractivity contribution < 1.29 is 14.7 Å². The Labute approximate surface area is 90.5 Å². The second-order valence-corrected chi connectivity index (χ2v) is 3.70. The fraction of sp³-hybridized carbons (Fsp3) is 0.222. The van der Waals surface area contributed by atoms with E-state index in [0.717, 1.165) is 6.08 Å². The molecule has 1 amide bonds. The number of anilines is 1. The minimum Gasteiger partial charge on any atom is -0.478 e. The molecule has 0 saturated carbocycles. The largest absolute Gasteiger partial charge is 0.478 e. The van der Waals surface area contributed by atoms with Crippen molar-refractivity contribution >= 4 is 34.4 Å². The third kappa shape index (κ3) is 3.90. The molecular weight excluding hydrogens is 216 g/mol. The Morgan fingerprint density at radius 3 is 3.00 bits per heavy atom. The van der Waals surface area contributed by atoms with E-state index in [9.17, 15) is 9.59 Å². The number of aromatic nitrogens is 1. The van der Waals surface area contributed by atoms with Gasteiger partial charge in [0.25, 0.3) is 0 Å². The summed E-state index contributed by atoms with van der Waals surface area (Å²) >= 11 is 1.23. The Morgan fingerprint density at radius 1 is 1.67 bits per heavy atom. The first-order chi connectivity index (χ1) is 7.11. The smallest absolute Gasteiger partial charge is 0.328 e. The van der Waals surface area contributed by atoms with E-state index in [2.05, 4.69) is 10.3 Å². The zero-order valence-electron chi connectivity index (χ0n) is 8.06. The van der Waals surface area contributed by atoms with E-state index < -0.39 is 5.97 Å². The number of nitrogens with one attached hydrogen (secondary N) is 1. The van der Waals surface area contributed by atoms with Crippen LogP contribution in [0, 0.1) is 0 Å². The van der Waals surface area contributed by atoms with Crippen LogP contribution in [-0.2, 0) is 9.59 Å². The second kappa shape index (κ2) is 5.26. The Morgan fingerprint density at radius 2 is 2.40 bits per heavy atom. The van der Waals surface area contributed by atoms with Crippen LogP contribution in [0.3, 0.4) is 0 Å². The van der Waals surface area contributed by atoms with Gasteiger partial charge in [-0.05, 0) is 6.08 Å². The van der Waals surface area contributed by atoms with Gasteiger partial charge in [0, 0.05) is 23.6 Å². The lowest BCUT2D eigenvalue weighted by atomic mass is 10.4. The number of carbonyl (C=O) groups excluding carboxylic acids is 1. The highest BCUT2D eigenvalue weighted by molar-refractivity contribution is 7.16. The van der Waals surface area contributed by atoms with E-state index in [1.54, 1.807) is 6.92 Å². The SMILES string of the molecule is CCC(=O)Nc1ncc(C=CC(=O)O)s1. The van der Waals surface area contributed by atoms with Crippen LogP contribution in [0.1, 0.15) is 18.2 Å². The first-order valence-corrected chi connectivity index (χ1v) is 5.10. The van der Waals surface area contributed by atoms with Crippen molar-refractivity contribution in [2.24, 2.45) is 0 Å². The molecular formula is C9H10N2O3S. The van der Waals surface area contributed by atoms with Gasteiger partial charge in [-0.15, -0.1) is 0 Å². The quantitative estimate of drug-likeness (QED) is 0.764. The van der Waals surface area contributed by atoms with Gasteiger partial charge < -0.3 is 10.4 Å². The molecule has 0 saturated heterocycles. The van der Waals surface area contributed by atoms with E-state index in [1.807, 2.05) is 0 Å². The van der Waals surface area contributed by atoms with Crippen molar-refractivity contribution in [1.29, 1.82) is 0 Å². The molecule has 6 heteroatoms. The summed E-state index contributed by atoms with van der Waals surface area (Å²) in [5.74, 6) is -1.12. The van der Waals surface area contributed by atoms with Crippen LogP contribution in [0.5, 0.6) is 0 Å². The Balaban J connectivity index is 2.64. The lowest BCUT2D eigenvalue weighted by Crippen LogP contribution is -2.08. The Kier molecular flexibility index (Phi) is 3.99. The number of carboxylic acid groups (broad SMARTS) is 1. The molecule has 0 aromatic carbocycles. The molecule has 80 valence electrons. The minimum atomic E-state index is -1.01. The van der Waals surface area contributed by atoms with Crippen molar-refractivity contribution in [2.75, 3.05) is 5.32 Å². The number of amides is 1. The van der Waals surface area contributed by atoms with E-state index in [1.165, 1.54) is 23.6 Å². The zero-order valence-corrected chi connectivity index (χ0v) is 8.87. The number of hydrogen-bond donors (Lipinski definition) is 2. The van der Waals surface area contributed by atoms with Crippen molar-refractivity contribution in [3.8, 4) is 0 Å². The van der Waals surface area contributed by atoms with Gasteiger partial charge >= 0.3 is 5.97 Å². The zero-order chi connectivity index (χ0) is 11.3. The molecule has 1 aromatic rings. The molecule has 1 aromatic heterocycles. The lowest BCUT2D eigenvalue weighted by Gasteiger charge is -1.95. The van der Waals surface area contributed by atoms with Crippen LogP contribution in [0.2, 0.25) is 0 Å². The number of rotatable bonds is 4. The Hall–Kier alpha value is -1.69. The van der Waals surface area contributed by atoms with Crippen molar-refractivity contribution in [1.82, 2.24) is 4.98 Å². The molecule has 0 atom stereocenters. The molecule has 0 spiro atoms. The maximum atomic E-state index is 11.0. The van der Waals surface area contributed by atoms with Gasteiger partial charge in [0.2, 0.25) is 5.91 Å². The maximum Gasteiger partial charge on any atom is 0.328 e. The Bertz CT molecular complexity index is 398. The van der Waals surface area contributed by atoms with Gasteiger partial charge in [0.1, 0.15) is 0 Å². The van der Waals surface area contributed by atoms with Crippen LogP contribution in [0.25, 0.3) is 6.08 Å². The summed E-state index contributed by atoms with van der Waals surface area (Å²) in [6.07, 6.45) is 4.36. The van der Waals surface area contributed by atoms with E-state index >= 15 is 0 Å². The minimum absolute atomic E-state index is 0.113. The van der Waals surface area contributed by atoms with Gasteiger partial charge in [-0.25, -0.2) is 9.78 Å². The van der Waals surface area contributed by atoms with Gasteiger partial charge in [-0.3, -0.25) is 4.79 Å². The van der Waals surface area contributed by atoms with Crippen molar-refractivity contribution in [3.05, 3.63) is 17.2 Å². The van der Waals surface area contributed by atoms with Crippen LogP contribution in [0.4, 0.5) is 5.13 Å². The van der Waals surface area contributed by atoms with Crippen LogP contribution in [0.15, 0.2) is 12.3 Å². The molecule has 0 aliphatic rings. The number of thiazole rings is 1. The predicted octanol–water partition coefficient (Wildman–Crippen LogP) is 1.59. The third-order valence-corrected chi connectivity index (χ3v) is 2.36. The van der Waals surface area contributed by atoms with Gasteiger partial charge in [-0.2, -0.15) is 0 Å². The highest BCUT2D eigenvalue weighted by Crippen LogP contribution is 2.19. The summed E-state index contributed by atoms with van der Waals surface area (Å²) in [4.78, 5) is 25.8. The fourth-order valence-electron chi connectivity index (χ4n) is 0.783. The molecule has 0 aliphatic heterocycles. The number of nitrogens with zero attached hydrogens (tertiary/aromatic N) is 1. The standard InChI is InChI=1S/C9H10N2O3S/c1-2-7(12)11-9-10-5-6(15-9)3-4-8(13)14/h3-5H,2H2,1H3,(H,13,14)(H,10,11,12). The van der Waals surface area contributed by atoms with E-state index in [4.69, 9.17) is 5.11 Å². The number of hydrogen-bond acceptors (Lipinski definition) is 4. The summed E-state index contributed by atoms with van der Waals surface area (Å²) in [6, 6.07) is 0. The van der Waals surface area contributed by atoms with Gasteiger partial charge in [0.05, 0.1) is 0 Å². The monoisotopic (exact) mass is 226 g/mol. The van der Waals surface area contributed by atoms with Crippen LogP contribution < -0.4 is 5.32 Å². The number of carboxylic acids is 1. The topological polar surface area (TPSA) is 79.3 Å². The summed E-state index contributed by atoms with van der Waals surface area (Å²) in [7, 11) is 0. The molecule has 0 bridgehead atoms. The molecule has 5 nitrogen and oxygen atoms in total. The molecule has 0 aliphatic carbocycles. The molecule has 1 heterocycles. The van der Waals surface area contributed by atoms with Gasteiger partial charge in [-0.1, -0.05) is 18.3 Å². The van der Waals surface area contributed by atoms with Crippen molar-refractivity contribution in [3.63, 3.8) is 0 Å². The second-order valence-electron chi connectivity index (χ2n) is 2.64. The number of carbonyl (C=O) groups is 2. The molecule has 0 unspecified atom stereocenters. The fourth-order valence-corrected chi connectivity index (χ4v) is 1.52. The molecule has 1 rings (SSSR count). The van der Waals surface area contributed by atoms with Crippen LogP contribution in [-0.4, -0.2) is 22.0 Å². The maximum absolute atomic E-state index is 11.0. The van der Waals surface area contributed by atoms with Crippen LogP contribution >= 0.6 is 11.3 Å². The van der Waals surface area contributed by atoms with E-state index in [0.29, 0.717) is 16.4 Å². The summed E-state index contributed by atoms with van der Waals surface area (Å²) < 4.78 is 0. The molecule has 0 radical (unpaired) electrons. The summed E-state index contributed by atoms with van der Waals surface area (Å²) in [6.45, 7) is 1.74. The highest BCUT2D eigenvalue weighted by atomic mass is 32.1. The first kappa shape index (κ1) is 11.4. The van der Waals surface area contributed by atoms with Crippen molar-refractivity contribution in [2.45, 2.75) is 13.3 Å².